The Balaban J connectivity index is 0.000000461. The highest BCUT2D eigenvalue weighted by Crippen LogP contribution is 2.40. The van der Waals surface area contributed by atoms with Gasteiger partial charge in [-0.15, -0.1) is 11.8 Å². The second-order valence-electron chi connectivity index (χ2n) is 2.97. The third-order valence-electron chi connectivity index (χ3n) is 2.24. The van der Waals surface area contributed by atoms with Gasteiger partial charge in [0.1, 0.15) is 4.99 Å². The van der Waals surface area contributed by atoms with Crippen LogP contribution in [0, 0.1) is 5.92 Å². The predicted octanol–water partition coefficient (Wildman–Crippen LogP) is 3.25. The van der Waals surface area contributed by atoms with Gasteiger partial charge in [-0.25, -0.2) is 0 Å². The van der Waals surface area contributed by atoms with Crippen LogP contribution < -0.4 is 0 Å². The maximum Gasteiger partial charge on any atom is 0.107 e. The van der Waals surface area contributed by atoms with Crippen molar-refractivity contribution in [1.29, 1.82) is 0 Å². The maximum absolute atomic E-state index is 5.33. The van der Waals surface area contributed by atoms with E-state index in [1.165, 1.54) is 17.1 Å². The average molecular weight is 245 g/mol. The second-order valence-corrected chi connectivity index (χ2v) is 4.98. The molecular formula is C10H15NS3. The number of likely N-dealkylation sites (N-methyl/N-ethyl adjacent to an activating group) is 1. The number of rotatable bonds is 0. The van der Waals surface area contributed by atoms with Crippen LogP contribution in [0.2, 0.25) is 0 Å². The number of nitrogens with zero attached hydrogens (tertiary/aromatic N) is 1. The summed E-state index contributed by atoms with van der Waals surface area (Å²) in [7, 11) is 1.96. The topological polar surface area (TPSA) is 3.24 Å². The molecule has 0 radical (unpaired) electrons. The van der Waals surface area contributed by atoms with Gasteiger partial charge in [-0.2, -0.15) is 0 Å². The zero-order valence-electron chi connectivity index (χ0n) is 8.74. The minimum Gasteiger partial charge on any atom is -0.330 e. The Labute approximate surface area is 101 Å². The number of fused-ring (bicyclic) bond motifs is 1. The molecule has 0 amide bonds. The van der Waals surface area contributed by atoms with E-state index in [4.69, 9.17) is 24.4 Å². The highest BCUT2D eigenvalue weighted by atomic mass is 32.2. The summed E-state index contributed by atoms with van der Waals surface area (Å²) in [6, 6.07) is 0. The Hall–Kier alpha value is 0.0700. The first kappa shape index (κ1) is 12.1. The summed E-state index contributed by atoms with van der Waals surface area (Å²) in [4.78, 5) is 5.19. The van der Waals surface area contributed by atoms with Gasteiger partial charge < -0.3 is 4.90 Å². The van der Waals surface area contributed by atoms with Gasteiger partial charge in [0, 0.05) is 13.0 Å². The summed E-state index contributed by atoms with van der Waals surface area (Å²) in [6.45, 7) is 4.00. The van der Waals surface area contributed by atoms with E-state index in [9.17, 15) is 0 Å². The van der Waals surface area contributed by atoms with Crippen LogP contribution in [0.3, 0.4) is 0 Å². The van der Waals surface area contributed by atoms with Crippen LogP contribution in [0.15, 0.2) is 11.0 Å². The molecule has 1 atom stereocenters. The fourth-order valence-corrected chi connectivity index (χ4v) is 3.48. The second kappa shape index (κ2) is 5.24. The summed E-state index contributed by atoms with van der Waals surface area (Å²) in [5.74, 6) is 1.68. The van der Waals surface area contributed by atoms with E-state index in [2.05, 4.69) is 6.08 Å². The maximum atomic E-state index is 5.33. The molecule has 2 heterocycles. The van der Waals surface area contributed by atoms with E-state index in [1.54, 1.807) is 0 Å². The Morgan fingerprint density at radius 2 is 2.07 bits per heavy atom. The molecule has 0 bridgehead atoms. The van der Waals surface area contributed by atoms with Crippen LogP contribution in [-0.2, 0) is 0 Å². The van der Waals surface area contributed by atoms with Crippen molar-refractivity contribution in [2.24, 2.45) is 5.92 Å². The zero-order chi connectivity index (χ0) is 10.7. The van der Waals surface area contributed by atoms with Crippen molar-refractivity contribution in [2.45, 2.75) is 20.3 Å². The summed E-state index contributed by atoms with van der Waals surface area (Å²) in [5, 5.41) is 0. The van der Waals surface area contributed by atoms with Gasteiger partial charge in [-0.05, 0) is 23.2 Å². The Bertz CT molecular complexity index is 283. The van der Waals surface area contributed by atoms with E-state index < -0.39 is 0 Å². The molecule has 14 heavy (non-hydrogen) atoms. The summed E-state index contributed by atoms with van der Waals surface area (Å²) < 4.78 is 0. The molecule has 0 saturated carbocycles. The molecule has 1 unspecified atom stereocenters. The normalized spacial score (nSPS) is 25.2. The van der Waals surface area contributed by atoms with Crippen LogP contribution in [0.4, 0.5) is 0 Å². The van der Waals surface area contributed by atoms with Crippen LogP contribution >= 0.6 is 36.2 Å². The van der Waals surface area contributed by atoms with Crippen molar-refractivity contribution in [1.82, 2.24) is 4.90 Å². The van der Waals surface area contributed by atoms with Crippen LogP contribution in [-0.4, -0.2) is 27.7 Å². The van der Waals surface area contributed by atoms with Gasteiger partial charge in [-0.3, -0.25) is 0 Å². The van der Waals surface area contributed by atoms with E-state index >= 15 is 0 Å². The molecule has 4 heteroatoms. The van der Waals surface area contributed by atoms with Crippen molar-refractivity contribution in [3.8, 4) is 0 Å². The quantitative estimate of drug-likeness (QED) is 0.602. The zero-order valence-corrected chi connectivity index (χ0v) is 11.2. The molecule has 1 nitrogen and oxygen atoms in total. The van der Waals surface area contributed by atoms with E-state index in [0.29, 0.717) is 5.92 Å². The van der Waals surface area contributed by atoms with Gasteiger partial charge in [0.05, 0.1) is 4.99 Å². The minimum absolute atomic E-state index is 0.488. The molecule has 1 saturated heterocycles. The Morgan fingerprint density at radius 3 is 2.71 bits per heavy atom. The molecule has 0 aliphatic carbocycles. The fraction of sp³-hybridized carbons (Fsp3) is 0.600. The molecule has 0 aromatic rings. The molecule has 0 spiro atoms. The van der Waals surface area contributed by atoms with Crippen molar-refractivity contribution in [3.05, 3.63) is 11.0 Å². The predicted molar refractivity (Wildman–Crippen MR) is 73.0 cm³/mol. The number of hydrogen-bond donors (Lipinski definition) is 0. The third-order valence-corrected chi connectivity index (χ3v) is 4.37. The van der Waals surface area contributed by atoms with Crippen molar-refractivity contribution in [3.63, 3.8) is 0 Å². The highest BCUT2D eigenvalue weighted by Gasteiger charge is 2.32. The van der Waals surface area contributed by atoms with Gasteiger partial charge in [-0.1, -0.05) is 38.3 Å². The fourth-order valence-electron chi connectivity index (χ4n) is 1.49. The van der Waals surface area contributed by atoms with Crippen LogP contribution in [0.1, 0.15) is 20.3 Å². The lowest BCUT2D eigenvalue weighted by Gasteiger charge is -2.28. The molecule has 2 aliphatic rings. The van der Waals surface area contributed by atoms with Gasteiger partial charge in [0.15, 0.2) is 0 Å². The molecule has 0 aromatic carbocycles. The third kappa shape index (κ3) is 2.18. The number of hydrogen-bond acceptors (Lipinski definition) is 3. The van der Waals surface area contributed by atoms with Gasteiger partial charge in [0.25, 0.3) is 0 Å². The molecule has 1 fully saturated rings. The smallest absolute Gasteiger partial charge is 0.107 e. The summed E-state index contributed by atoms with van der Waals surface area (Å²) >= 11 is 12.4. The van der Waals surface area contributed by atoms with Crippen molar-refractivity contribution < 1.29 is 0 Å². The lowest BCUT2D eigenvalue weighted by Crippen LogP contribution is -2.37. The lowest BCUT2D eigenvalue weighted by molar-refractivity contribution is 0.686. The SMILES string of the molecule is CC.CN1C(=S)C=C2SCCC2C1=S. The van der Waals surface area contributed by atoms with Crippen molar-refractivity contribution in [2.75, 3.05) is 12.8 Å². The number of thioether (sulfide) groups is 1. The molecule has 2 rings (SSSR count). The number of thiocarbonyl (C=S) groups is 2. The average Bonchev–Trinajstić information content (AvgIpc) is 2.65. The van der Waals surface area contributed by atoms with E-state index in [1.807, 2.05) is 37.6 Å². The summed E-state index contributed by atoms with van der Waals surface area (Å²) in [6.07, 6.45) is 3.27. The first-order valence-electron chi connectivity index (χ1n) is 4.86. The lowest BCUT2D eigenvalue weighted by atomic mass is 10.0. The molecule has 0 aromatic heterocycles. The van der Waals surface area contributed by atoms with E-state index in [0.717, 1.165) is 9.98 Å². The largest absolute Gasteiger partial charge is 0.330 e. The Kier molecular flexibility index (Phi) is 4.54. The van der Waals surface area contributed by atoms with Crippen molar-refractivity contribution >= 4 is 46.2 Å². The minimum atomic E-state index is 0.488. The van der Waals surface area contributed by atoms with Crippen LogP contribution in [0.25, 0.3) is 0 Å². The highest BCUT2D eigenvalue weighted by molar-refractivity contribution is 8.03. The van der Waals surface area contributed by atoms with E-state index in [-0.39, 0.29) is 0 Å². The summed E-state index contributed by atoms with van der Waals surface area (Å²) in [5.41, 5.74) is 0. The van der Waals surface area contributed by atoms with Gasteiger partial charge in [0.2, 0.25) is 0 Å². The standard InChI is InChI=1S/C8H9NS3.C2H6/c1-9-7(10)4-6-5(8(9)11)2-3-12-6;1-2/h4-5H,2-3H2,1H3;1-2H3. The first-order chi connectivity index (χ1) is 6.70. The van der Waals surface area contributed by atoms with Crippen LogP contribution in [0.5, 0.6) is 0 Å². The monoisotopic (exact) mass is 245 g/mol. The van der Waals surface area contributed by atoms with Gasteiger partial charge >= 0.3 is 0 Å². The molecule has 2 aliphatic heterocycles. The molecule has 78 valence electrons. The molecule has 0 N–H and O–H groups in total. The molecular weight excluding hydrogens is 230 g/mol. The Morgan fingerprint density at radius 1 is 1.43 bits per heavy atom. The first-order valence-corrected chi connectivity index (χ1v) is 6.66.